The van der Waals surface area contributed by atoms with Crippen LogP contribution in [0.5, 0.6) is 0 Å². The number of hydrogen-bond donors (Lipinski definition) is 3. The van der Waals surface area contributed by atoms with Crippen LogP contribution in [0.1, 0.15) is 18.5 Å². The van der Waals surface area contributed by atoms with Crippen LogP contribution in [0.25, 0.3) is 6.08 Å². The van der Waals surface area contributed by atoms with Crippen LogP contribution in [0.2, 0.25) is 0 Å². The Balaban J connectivity index is 1.43. The largest absolute Gasteiger partial charge is 0.343 e. The lowest BCUT2D eigenvalue weighted by Crippen LogP contribution is -2.31. The Kier molecular flexibility index (Phi) is 7.26. The van der Waals surface area contributed by atoms with Gasteiger partial charge in [0, 0.05) is 17.5 Å². The third-order valence-corrected chi connectivity index (χ3v) is 4.30. The van der Waals surface area contributed by atoms with Crippen molar-refractivity contribution in [1.29, 1.82) is 0 Å². The van der Waals surface area contributed by atoms with Crippen molar-refractivity contribution in [1.82, 2.24) is 20.1 Å². The predicted molar refractivity (Wildman–Crippen MR) is 117 cm³/mol. The first-order chi connectivity index (χ1) is 15.0. The molecule has 1 unspecified atom stereocenters. The zero-order valence-corrected chi connectivity index (χ0v) is 16.9. The van der Waals surface area contributed by atoms with Crippen LogP contribution in [0.15, 0.2) is 73.3 Å². The predicted octanol–water partition coefficient (Wildman–Crippen LogP) is 2.25. The van der Waals surface area contributed by atoms with E-state index < -0.39 is 6.04 Å². The van der Waals surface area contributed by atoms with Crippen LogP contribution in [0.4, 0.5) is 11.4 Å². The van der Waals surface area contributed by atoms with Gasteiger partial charge in [0.2, 0.25) is 17.7 Å². The lowest BCUT2D eigenvalue weighted by atomic mass is 10.2. The number of carbonyl (C=O) groups excluding carboxylic acids is 3. The van der Waals surface area contributed by atoms with Gasteiger partial charge in [-0.15, -0.1) is 0 Å². The van der Waals surface area contributed by atoms with Crippen molar-refractivity contribution >= 4 is 35.2 Å². The van der Waals surface area contributed by atoms with Gasteiger partial charge in [-0.2, -0.15) is 5.10 Å². The van der Waals surface area contributed by atoms with Crippen molar-refractivity contribution in [2.75, 3.05) is 17.2 Å². The first kappa shape index (κ1) is 21.4. The summed E-state index contributed by atoms with van der Waals surface area (Å²) in [5.74, 6) is -0.967. The summed E-state index contributed by atoms with van der Waals surface area (Å²) in [6.45, 7) is 1.55. The maximum absolute atomic E-state index is 12.3. The first-order valence-corrected chi connectivity index (χ1v) is 9.57. The van der Waals surface area contributed by atoms with Gasteiger partial charge in [0.05, 0.1) is 6.54 Å². The van der Waals surface area contributed by atoms with E-state index in [1.165, 1.54) is 23.4 Å². The van der Waals surface area contributed by atoms with E-state index in [2.05, 4.69) is 26.0 Å². The molecule has 2 aromatic carbocycles. The average Bonchev–Trinajstić information content (AvgIpc) is 3.32. The fraction of sp³-hybridized carbons (Fsp3) is 0.136. The molecular formula is C22H22N6O3. The van der Waals surface area contributed by atoms with Crippen LogP contribution in [0, 0.1) is 0 Å². The van der Waals surface area contributed by atoms with Gasteiger partial charge in [-0.05, 0) is 42.8 Å². The van der Waals surface area contributed by atoms with E-state index in [1.807, 2.05) is 30.3 Å². The molecule has 9 nitrogen and oxygen atoms in total. The molecule has 158 valence electrons. The van der Waals surface area contributed by atoms with Gasteiger partial charge in [-0.25, -0.2) is 9.67 Å². The maximum atomic E-state index is 12.3. The van der Waals surface area contributed by atoms with E-state index in [1.54, 1.807) is 37.3 Å². The molecule has 3 amide bonds. The second-order valence-corrected chi connectivity index (χ2v) is 6.63. The second-order valence-electron chi connectivity index (χ2n) is 6.63. The Labute approximate surface area is 179 Å². The number of aromatic nitrogens is 3. The molecule has 0 saturated carbocycles. The molecule has 0 aliphatic carbocycles. The number of rotatable bonds is 8. The first-order valence-electron chi connectivity index (χ1n) is 9.57. The van der Waals surface area contributed by atoms with E-state index in [0.29, 0.717) is 11.4 Å². The normalized spacial score (nSPS) is 11.6. The highest BCUT2D eigenvalue weighted by atomic mass is 16.2. The van der Waals surface area contributed by atoms with Gasteiger partial charge in [0.1, 0.15) is 18.7 Å². The number of nitrogens with zero attached hydrogens (tertiary/aromatic N) is 3. The summed E-state index contributed by atoms with van der Waals surface area (Å²) in [6, 6.07) is 15.5. The summed E-state index contributed by atoms with van der Waals surface area (Å²) in [4.78, 5) is 39.9. The summed E-state index contributed by atoms with van der Waals surface area (Å²) in [7, 11) is 0. The van der Waals surface area contributed by atoms with Crippen molar-refractivity contribution in [2.45, 2.75) is 13.0 Å². The lowest BCUT2D eigenvalue weighted by molar-refractivity contribution is -0.121. The van der Waals surface area contributed by atoms with E-state index in [4.69, 9.17) is 0 Å². The number of nitrogens with one attached hydrogen (secondary N) is 3. The molecule has 0 fully saturated rings. The molecule has 3 N–H and O–H groups in total. The summed E-state index contributed by atoms with van der Waals surface area (Å²) in [6.07, 6.45) is 5.88. The van der Waals surface area contributed by atoms with Crippen LogP contribution in [0.3, 0.4) is 0 Å². The minimum absolute atomic E-state index is 0.161. The number of amides is 3. The number of anilines is 2. The average molecular weight is 418 g/mol. The van der Waals surface area contributed by atoms with Crippen LogP contribution in [-0.2, 0) is 14.4 Å². The highest BCUT2D eigenvalue weighted by Gasteiger charge is 2.15. The van der Waals surface area contributed by atoms with Gasteiger partial charge in [-0.3, -0.25) is 14.4 Å². The van der Waals surface area contributed by atoms with Crippen molar-refractivity contribution in [3.05, 3.63) is 78.9 Å². The standard InChI is InChI=1S/C22H22N6O3/c1-16(28-15-23-14-25-28)22(31)27-19-10-8-18(9-11-19)26-21(30)13-24-20(29)12-7-17-5-3-2-4-6-17/h2-12,14-16H,13H2,1H3,(H,24,29)(H,26,30)(H,27,31)/b12-7+. The molecule has 1 atom stereocenters. The van der Waals surface area contributed by atoms with Crippen LogP contribution in [-0.4, -0.2) is 39.0 Å². The van der Waals surface area contributed by atoms with Gasteiger partial charge < -0.3 is 16.0 Å². The summed E-state index contributed by atoms with van der Waals surface area (Å²) < 4.78 is 1.45. The van der Waals surface area contributed by atoms with Crippen molar-refractivity contribution in [3.63, 3.8) is 0 Å². The lowest BCUT2D eigenvalue weighted by Gasteiger charge is -2.12. The molecule has 3 rings (SSSR count). The number of hydrogen-bond acceptors (Lipinski definition) is 5. The summed E-state index contributed by atoms with van der Waals surface area (Å²) >= 11 is 0. The minimum Gasteiger partial charge on any atom is -0.343 e. The van der Waals surface area contributed by atoms with Crippen molar-refractivity contribution < 1.29 is 14.4 Å². The van der Waals surface area contributed by atoms with E-state index in [0.717, 1.165) is 5.56 Å². The van der Waals surface area contributed by atoms with E-state index >= 15 is 0 Å². The fourth-order valence-electron chi connectivity index (χ4n) is 2.59. The molecule has 1 aromatic heterocycles. The molecular weight excluding hydrogens is 396 g/mol. The Morgan fingerprint density at radius 2 is 1.68 bits per heavy atom. The molecule has 0 radical (unpaired) electrons. The number of benzene rings is 2. The number of carbonyl (C=O) groups is 3. The van der Waals surface area contributed by atoms with Gasteiger partial charge >= 0.3 is 0 Å². The quantitative estimate of drug-likeness (QED) is 0.485. The fourth-order valence-corrected chi connectivity index (χ4v) is 2.59. The zero-order chi connectivity index (χ0) is 22.1. The molecule has 0 saturated heterocycles. The summed E-state index contributed by atoms with van der Waals surface area (Å²) in [5, 5.41) is 11.9. The Hall–Kier alpha value is -4.27. The van der Waals surface area contributed by atoms with E-state index in [9.17, 15) is 14.4 Å². The monoisotopic (exact) mass is 418 g/mol. The molecule has 1 heterocycles. The Bertz CT molecular complexity index is 1050. The topological polar surface area (TPSA) is 118 Å². The molecule has 3 aromatic rings. The molecule has 31 heavy (non-hydrogen) atoms. The molecule has 0 aliphatic heterocycles. The SMILES string of the molecule is CC(C(=O)Nc1ccc(NC(=O)CNC(=O)/C=C/c2ccccc2)cc1)n1cncn1. The Morgan fingerprint density at radius 1 is 1.00 bits per heavy atom. The van der Waals surface area contributed by atoms with E-state index in [-0.39, 0.29) is 24.3 Å². The highest BCUT2D eigenvalue weighted by molar-refractivity contribution is 5.98. The highest BCUT2D eigenvalue weighted by Crippen LogP contribution is 2.15. The zero-order valence-electron chi connectivity index (χ0n) is 16.9. The third kappa shape index (κ3) is 6.64. The van der Waals surface area contributed by atoms with Gasteiger partial charge in [-0.1, -0.05) is 30.3 Å². The van der Waals surface area contributed by atoms with Crippen LogP contribution < -0.4 is 16.0 Å². The molecule has 9 heteroatoms. The Morgan fingerprint density at radius 3 is 2.32 bits per heavy atom. The summed E-state index contributed by atoms with van der Waals surface area (Å²) in [5.41, 5.74) is 2.01. The van der Waals surface area contributed by atoms with Crippen LogP contribution >= 0.6 is 0 Å². The maximum Gasteiger partial charge on any atom is 0.249 e. The molecule has 0 aliphatic rings. The van der Waals surface area contributed by atoms with Gasteiger partial charge in [0.15, 0.2) is 0 Å². The van der Waals surface area contributed by atoms with Gasteiger partial charge in [0.25, 0.3) is 0 Å². The second kappa shape index (κ2) is 10.5. The molecule has 0 bridgehead atoms. The molecule has 0 spiro atoms. The van der Waals surface area contributed by atoms with Crippen molar-refractivity contribution in [2.24, 2.45) is 0 Å². The smallest absolute Gasteiger partial charge is 0.249 e. The minimum atomic E-state index is -0.513. The van der Waals surface area contributed by atoms with Crippen molar-refractivity contribution in [3.8, 4) is 0 Å². The third-order valence-electron chi connectivity index (χ3n) is 4.30.